The molecule has 52 heavy (non-hydrogen) atoms. The van der Waals surface area contributed by atoms with Gasteiger partial charge in [0.2, 0.25) is 11.8 Å². The maximum Gasteiger partial charge on any atom is 0.261 e. The predicted octanol–water partition coefficient (Wildman–Crippen LogP) is 2.08. The number of carbonyl (C=O) groups excluding carboxylic acids is 2. The fraction of sp³-hybridized carbons (Fsp3) is 0.579. The van der Waals surface area contributed by atoms with E-state index in [-0.39, 0.29) is 30.0 Å². The molecule has 2 saturated heterocycles. The lowest BCUT2D eigenvalue weighted by molar-refractivity contribution is -0.136. The molecule has 2 fully saturated rings. The molecular formula is C38H54N6O8. The fourth-order valence-corrected chi connectivity index (χ4v) is 6.24. The Morgan fingerprint density at radius 1 is 0.731 bits per heavy atom. The number of hydrogen-bond acceptors (Lipinski definition) is 11. The summed E-state index contributed by atoms with van der Waals surface area (Å²) >= 11 is 0. The molecule has 14 nitrogen and oxygen atoms in total. The van der Waals surface area contributed by atoms with Gasteiger partial charge in [-0.2, -0.15) is 0 Å². The third-order valence-electron chi connectivity index (χ3n) is 9.51. The second-order valence-corrected chi connectivity index (χ2v) is 13.1. The van der Waals surface area contributed by atoms with Crippen LogP contribution in [0.2, 0.25) is 0 Å². The van der Waals surface area contributed by atoms with E-state index in [2.05, 4.69) is 15.1 Å². The van der Waals surface area contributed by atoms with E-state index in [0.29, 0.717) is 129 Å². The summed E-state index contributed by atoms with van der Waals surface area (Å²) in [5.74, 6) is 0.311. The molecule has 0 radical (unpaired) electrons. The molecule has 1 unspecified atom stereocenters. The van der Waals surface area contributed by atoms with Crippen LogP contribution in [0.5, 0.6) is 0 Å². The monoisotopic (exact) mass is 722 g/mol. The summed E-state index contributed by atoms with van der Waals surface area (Å²) in [5.41, 5.74) is 3.12. The number of benzene rings is 2. The molecule has 0 bridgehead atoms. The highest BCUT2D eigenvalue weighted by Crippen LogP contribution is 2.16. The summed E-state index contributed by atoms with van der Waals surface area (Å²) in [6.45, 7) is 13.6. The van der Waals surface area contributed by atoms with Gasteiger partial charge in [-0.3, -0.25) is 28.8 Å². The summed E-state index contributed by atoms with van der Waals surface area (Å²) in [6.07, 6.45) is 0. The van der Waals surface area contributed by atoms with Gasteiger partial charge in [0, 0.05) is 45.0 Å². The summed E-state index contributed by atoms with van der Waals surface area (Å²) in [6, 6.07) is 12.9. The lowest BCUT2D eigenvalue weighted by Gasteiger charge is -2.28. The number of ether oxygens (including phenoxy) is 5. The quantitative estimate of drug-likeness (QED) is 0.384. The second kappa shape index (κ2) is 20.5. The molecule has 0 spiro atoms. The predicted molar refractivity (Wildman–Crippen MR) is 198 cm³/mol. The molecule has 14 heteroatoms. The summed E-state index contributed by atoms with van der Waals surface area (Å²) in [7, 11) is 0. The number of anilines is 1. The van der Waals surface area contributed by atoms with Crippen LogP contribution in [0.1, 0.15) is 23.9 Å². The Bertz CT molecular complexity index is 1640. The number of fused-ring (bicyclic) bond motifs is 1. The minimum atomic E-state index is -0.384. The van der Waals surface area contributed by atoms with Gasteiger partial charge < -0.3 is 33.9 Å². The number of para-hydroxylation sites is 2. The van der Waals surface area contributed by atoms with Crippen LogP contribution in [-0.2, 0) is 46.4 Å². The molecule has 1 aromatic heterocycles. The Morgan fingerprint density at radius 2 is 1.29 bits per heavy atom. The van der Waals surface area contributed by atoms with Gasteiger partial charge in [-0.15, -0.1) is 0 Å². The van der Waals surface area contributed by atoms with Crippen LogP contribution in [0.4, 0.5) is 5.69 Å². The van der Waals surface area contributed by atoms with E-state index in [0.717, 1.165) is 16.8 Å². The topological polar surface area (TPSA) is 137 Å². The van der Waals surface area contributed by atoms with E-state index in [1.807, 2.05) is 57.2 Å². The molecule has 3 aromatic rings. The number of nitrogens with zero attached hydrogens (tertiary/aromatic N) is 5. The maximum absolute atomic E-state index is 13.8. The third-order valence-corrected chi connectivity index (χ3v) is 9.51. The van der Waals surface area contributed by atoms with Gasteiger partial charge >= 0.3 is 0 Å². The van der Waals surface area contributed by atoms with E-state index in [4.69, 9.17) is 28.7 Å². The maximum atomic E-state index is 13.8. The summed E-state index contributed by atoms with van der Waals surface area (Å²) in [4.78, 5) is 51.2. The highest BCUT2D eigenvalue weighted by Gasteiger charge is 2.23. The second-order valence-electron chi connectivity index (χ2n) is 13.1. The Morgan fingerprint density at radius 3 is 1.92 bits per heavy atom. The number of morpholine rings is 1. The van der Waals surface area contributed by atoms with E-state index in [9.17, 15) is 14.4 Å². The fourth-order valence-electron chi connectivity index (χ4n) is 6.24. The first-order valence-electron chi connectivity index (χ1n) is 18.3. The molecule has 2 amide bonds. The normalized spacial score (nSPS) is 19.1. The van der Waals surface area contributed by atoms with Crippen molar-refractivity contribution in [2.24, 2.45) is 0 Å². The molecule has 2 aromatic carbocycles. The molecule has 3 heterocycles. The minimum Gasteiger partial charge on any atom is -0.378 e. The zero-order valence-electron chi connectivity index (χ0n) is 30.8. The first kappa shape index (κ1) is 39.4. The molecule has 1 N–H and O–H groups in total. The Balaban J connectivity index is 1.20. The van der Waals surface area contributed by atoms with Crippen molar-refractivity contribution in [2.75, 3.05) is 111 Å². The number of aryl methyl sites for hydroxylation is 2. The number of rotatable bonds is 7. The lowest BCUT2D eigenvalue weighted by Crippen LogP contribution is -2.45. The summed E-state index contributed by atoms with van der Waals surface area (Å²) < 4.78 is 30.7. The van der Waals surface area contributed by atoms with Gasteiger partial charge in [-0.25, -0.2) is 4.98 Å². The third kappa shape index (κ3) is 11.4. The van der Waals surface area contributed by atoms with Crippen molar-refractivity contribution in [3.05, 3.63) is 69.8 Å². The number of nitrogens with one attached hydrogen (secondary N) is 1. The SMILES string of the molecule is Cc1ccccc1NC(=O)C(C)N1CCOCCOCCN(Cc2nc3c(C)cccc3c(=O)n2CC(=O)N2CCOCC2)CCOCCOCC1. The first-order chi connectivity index (χ1) is 25.3. The molecule has 0 saturated carbocycles. The van der Waals surface area contributed by atoms with Gasteiger partial charge in [0.05, 0.1) is 89.6 Å². The number of aromatic nitrogens is 2. The number of hydrogen-bond donors (Lipinski definition) is 1. The van der Waals surface area contributed by atoms with Gasteiger partial charge in [0.25, 0.3) is 5.56 Å². The molecule has 2 aliphatic rings. The average Bonchev–Trinajstić information content (AvgIpc) is 3.15. The van der Waals surface area contributed by atoms with E-state index >= 15 is 0 Å². The van der Waals surface area contributed by atoms with Crippen LogP contribution in [0.15, 0.2) is 47.3 Å². The zero-order chi connectivity index (χ0) is 36.7. The van der Waals surface area contributed by atoms with E-state index in [1.54, 1.807) is 11.0 Å². The van der Waals surface area contributed by atoms with Crippen molar-refractivity contribution in [3.8, 4) is 0 Å². The van der Waals surface area contributed by atoms with Gasteiger partial charge in [0.15, 0.2) is 0 Å². The Kier molecular flexibility index (Phi) is 15.5. The van der Waals surface area contributed by atoms with Crippen molar-refractivity contribution in [1.82, 2.24) is 24.3 Å². The molecule has 1 atom stereocenters. The van der Waals surface area contributed by atoms with Crippen LogP contribution in [0, 0.1) is 13.8 Å². The highest BCUT2D eigenvalue weighted by atomic mass is 16.5. The van der Waals surface area contributed by atoms with Crippen molar-refractivity contribution in [2.45, 2.75) is 39.9 Å². The van der Waals surface area contributed by atoms with Gasteiger partial charge in [-0.1, -0.05) is 30.3 Å². The Labute approximate surface area is 305 Å². The molecule has 2 aliphatic heterocycles. The van der Waals surface area contributed by atoms with Crippen molar-refractivity contribution < 1.29 is 33.3 Å². The number of amides is 2. The lowest BCUT2D eigenvalue weighted by atomic mass is 10.1. The Hall–Kier alpha value is -3.76. The van der Waals surface area contributed by atoms with Crippen LogP contribution >= 0.6 is 0 Å². The van der Waals surface area contributed by atoms with Crippen molar-refractivity contribution >= 4 is 28.4 Å². The molecular weight excluding hydrogens is 668 g/mol. The number of carbonyl (C=O) groups is 2. The smallest absolute Gasteiger partial charge is 0.261 e. The molecule has 284 valence electrons. The summed E-state index contributed by atoms with van der Waals surface area (Å²) in [5, 5.41) is 3.54. The molecule has 5 rings (SSSR count). The van der Waals surface area contributed by atoms with Crippen LogP contribution < -0.4 is 10.9 Å². The highest BCUT2D eigenvalue weighted by molar-refractivity contribution is 5.95. The first-order valence-corrected chi connectivity index (χ1v) is 18.3. The van der Waals surface area contributed by atoms with Crippen LogP contribution in [-0.4, -0.2) is 147 Å². The average molecular weight is 723 g/mol. The molecule has 0 aliphatic carbocycles. The van der Waals surface area contributed by atoms with Crippen LogP contribution in [0.25, 0.3) is 10.9 Å². The van der Waals surface area contributed by atoms with Gasteiger partial charge in [0.1, 0.15) is 12.4 Å². The van der Waals surface area contributed by atoms with Gasteiger partial charge in [-0.05, 0) is 44.0 Å². The standard InChI is InChI=1S/C38H54N6O8/c1-29-7-4-5-10-33(29)39-37(46)31(3)42-13-19-51-25-23-49-17-11-41(12-18-50-24-26-52-20-14-42)27-34-40-36-30(2)8-6-9-32(36)38(47)44(34)28-35(45)43-15-21-48-22-16-43/h4-10,31H,11-28H2,1-3H3,(H,39,46). The van der Waals surface area contributed by atoms with E-state index < -0.39 is 0 Å². The zero-order valence-corrected chi connectivity index (χ0v) is 30.8. The van der Waals surface area contributed by atoms with Crippen molar-refractivity contribution in [1.29, 1.82) is 0 Å². The minimum absolute atomic E-state index is 0.0811. The van der Waals surface area contributed by atoms with E-state index in [1.165, 1.54) is 4.57 Å². The largest absolute Gasteiger partial charge is 0.378 e. The van der Waals surface area contributed by atoms with Crippen LogP contribution in [0.3, 0.4) is 0 Å². The van der Waals surface area contributed by atoms with Crippen molar-refractivity contribution in [3.63, 3.8) is 0 Å².